The van der Waals surface area contributed by atoms with Gasteiger partial charge in [-0.3, -0.25) is 14.4 Å². The molecule has 180 valence electrons. The molecule has 2 aliphatic heterocycles. The molecule has 1 aromatic heterocycles. The number of piperidine rings is 2. The summed E-state index contributed by atoms with van der Waals surface area (Å²) in [4.78, 5) is 44.5. The molecule has 0 spiro atoms. The number of fused-ring (bicyclic) bond motifs is 1. The Kier molecular flexibility index (Phi) is 8.37. The maximum Gasteiger partial charge on any atom is 0.305 e. The highest BCUT2D eigenvalue weighted by molar-refractivity contribution is 6.00. The van der Waals surface area contributed by atoms with E-state index in [1.807, 2.05) is 12.1 Å². The van der Waals surface area contributed by atoms with Crippen molar-refractivity contribution < 1.29 is 19.5 Å². The minimum atomic E-state index is -1.11. The van der Waals surface area contributed by atoms with Crippen LogP contribution in [0, 0.1) is 11.8 Å². The van der Waals surface area contributed by atoms with Crippen molar-refractivity contribution in [1.82, 2.24) is 20.1 Å². The fourth-order valence-corrected chi connectivity index (χ4v) is 5.12. The first-order valence-electron chi connectivity index (χ1n) is 11.5. The van der Waals surface area contributed by atoms with E-state index in [2.05, 4.69) is 22.2 Å². The topological polar surface area (TPSA) is 106 Å². The molecule has 2 fully saturated rings. The van der Waals surface area contributed by atoms with E-state index in [1.165, 1.54) is 12.8 Å². The number of benzene rings is 1. The first-order valence-corrected chi connectivity index (χ1v) is 11.5. The Bertz CT molecular complexity index is 978. The predicted octanol–water partition coefficient (Wildman–Crippen LogP) is 2.74. The molecule has 0 aliphatic carbocycles. The van der Waals surface area contributed by atoms with Gasteiger partial charge in [0.2, 0.25) is 5.91 Å². The van der Waals surface area contributed by atoms with E-state index >= 15 is 0 Å². The summed E-state index contributed by atoms with van der Waals surface area (Å²) in [5, 5.41) is 13.0. The summed E-state index contributed by atoms with van der Waals surface area (Å²) in [6.07, 6.45) is 5.66. The highest BCUT2D eigenvalue weighted by atomic mass is 35.5. The number of amides is 2. The number of aromatic amines is 1. The molecule has 3 N–H and O–H groups in total. The second-order valence-electron chi connectivity index (χ2n) is 9.21. The van der Waals surface area contributed by atoms with Gasteiger partial charge in [-0.2, -0.15) is 0 Å². The highest BCUT2D eigenvalue weighted by Crippen LogP contribution is 2.32. The summed E-state index contributed by atoms with van der Waals surface area (Å²) >= 11 is 0. The molecule has 33 heavy (non-hydrogen) atoms. The van der Waals surface area contributed by atoms with E-state index < -0.39 is 24.3 Å². The van der Waals surface area contributed by atoms with Gasteiger partial charge in [-0.25, -0.2) is 0 Å². The Morgan fingerprint density at radius 1 is 1.06 bits per heavy atom. The van der Waals surface area contributed by atoms with Gasteiger partial charge in [0, 0.05) is 30.4 Å². The van der Waals surface area contributed by atoms with Gasteiger partial charge in [-0.1, -0.05) is 6.07 Å². The maximum atomic E-state index is 13.1. The van der Waals surface area contributed by atoms with E-state index in [0.29, 0.717) is 30.5 Å². The molecule has 2 aromatic rings. The number of rotatable bonds is 6. The minimum Gasteiger partial charge on any atom is -0.481 e. The lowest BCUT2D eigenvalue weighted by atomic mass is 9.79. The Hall–Kier alpha value is -2.58. The van der Waals surface area contributed by atoms with Crippen molar-refractivity contribution in [3.8, 4) is 0 Å². The molecule has 2 saturated heterocycles. The van der Waals surface area contributed by atoms with E-state index in [9.17, 15) is 19.5 Å². The first-order chi connectivity index (χ1) is 15.4. The van der Waals surface area contributed by atoms with E-state index in [0.717, 1.165) is 36.8 Å². The van der Waals surface area contributed by atoms with Gasteiger partial charge in [0.05, 0.1) is 6.42 Å². The third kappa shape index (κ3) is 6.06. The summed E-state index contributed by atoms with van der Waals surface area (Å²) in [5.74, 6) is -0.524. The number of nitrogens with zero attached hydrogens (tertiary/aromatic N) is 2. The smallest absolute Gasteiger partial charge is 0.305 e. The third-order valence-electron chi connectivity index (χ3n) is 7.08. The zero-order valence-electron chi connectivity index (χ0n) is 19.0. The van der Waals surface area contributed by atoms with Crippen molar-refractivity contribution in [1.29, 1.82) is 0 Å². The summed E-state index contributed by atoms with van der Waals surface area (Å²) < 4.78 is 0. The molecule has 3 heterocycles. The van der Waals surface area contributed by atoms with Crippen LogP contribution in [0.5, 0.6) is 0 Å². The molecule has 0 saturated carbocycles. The molecule has 1 aromatic carbocycles. The van der Waals surface area contributed by atoms with Crippen LogP contribution >= 0.6 is 12.4 Å². The monoisotopic (exact) mass is 476 g/mol. The zero-order valence-corrected chi connectivity index (χ0v) is 19.8. The van der Waals surface area contributed by atoms with Gasteiger partial charge in [0.25, 0.3) is 5.91 Å². The largest absolute Gasteiger partial charge is 0.481 e. The van der Waals surface area contributed by atoms with E-state index in [-0.39, 0.29) is 18.3 Å². The number of hydrogen-bond donors (Lipinski definition) is 3. The molecule has 0 bridgehead atoms. The van der Waals surface area contributed by atoms with Crippen molar-refractivity contribution in [2.45, 2.75) is 38.1 Å². The highest BCUT2D eigenvalue weighted by Gasteiger charge is 2.34. The maximum absolute atomic E-state index is 13.1. The number of halogens is 1. The number of carbonyl (C=O) groups excluding carboxylic acids is 2. The summed E-state index contributed by atoms with van der Waals surface area (Å²) in [6, 6.07) is 6.05. The molecule has 0 unspecified atom stereocenters. The van der Waals surface area contributed by atoms with Crippen LogP contribution in [0.25, 0.3) is 10.9 Å². The van der Waals surface area contributed by atoms with Crippen LogP contribution in [0.4, 0.5) is 0 Å². The van der Waals surface area contributed by atoms with Gasteiger partial charge in [0.15, 0.2) is 0 Å². The van der Waals surface area contributed by atoms with Crippen molar-refractivity contribution in [3.63, 3.8) is 0 Å². The Morgan fingerprint density at radius 3 is 2.33 bits per heavy atom. The lowest BCUT2D eigenvalue weighted by Gasteiger charge is -2.40. The molecule has 8 nitrogen and oxygen atoms in total. The molecule has 9 heteroatoms. The minimum absolute atomic E-state index is 0. The number of aliphatic carboxylic acids is 1. The van der Waals surface area contributed by atoms with Crippen molar-refractivity contribution in [3.05, 3.63) is 36.0 Å². The van der Waals surface area contributed by atoms with Gasteiger partial charge < -0.3 is 25.2 Å². The van der Waals surface area contributed by atoms with Gasteiger partial charge in [-0.05, 0) is 81.2 Å². The van der Waals surface area contributed by atoms with Crippen LogP contribution in [-0.2, 0) is 9.59 Å². The Balaban J connectivity index is 0.00000306. The first kappa shape index (κ1) is 25.1. The zero-order chi connectivity index (χ0) is 22.7. The average molecular weight is 477 g/mol. The van der Waals surface area contributed by atoms with Crippen LogP contribution in [0.2, 0.25) is 0 Å². The Morgan fingerprint density at radius 2 is 1.70 bits per heavy atom. The fourth-order valence-electron chi connectivity index (χ4n) is 5.12. The summed E-state index contributed by atoms with van der Waals surface area (Å²) in [6.45, 7) is 3.50. The van der Waals surface area contributed by atoms with Crippen LogP contribution in [-0.4, -0.2) is 76.9 Å². The Labute approximate surface area is 200 Å². The van der Waals surface area contributed by atoms with Crippen LogP contribution in [0.15, 0.2) is 30.5 Å². The second kappa shape index (κ2) is 11.0. The van der Waals surface area contributed by atoms with E-state index in [1.54, 1.807) is 23.2 Å². The summed E-state index contributed by atoms with van der Waals surface area (Å²) in [5.41, 5.74) is 1.21. The molecular weight excluding hydrogens is 444 g/mol. The SMILES string of the molecule is CN1CCC(C2CCN(C(=O)[C@@H](CC(=O)O)NC(=O)c3ccc4cc[nH]c4c3)CC2)CC1.Cl. The van der Waals surface area contributed by atoms with Gasteiger partial charge in [-0.15, -0.1) is 12.4 Å². The average Bonchev–Trinajstić information content (AvgIpc) is 3.26. The molecule has 4 rings (SSSR count). The molecular formula is C24H33ClN4O4. The van der Waals surface area contributed by atoms with Crippen molar-refractivity contribution in [2.75, 3.05) is 33.2 Å². The number of carboxylic acids is 1. The number of likely N-dealkylation sites (tertiary alicyclic amines) is 2. The standard InChI is InChI=1S/C24H32N4O4.ClH/c1-27-10-5-16(6-11-27)17-7-12-28(13-8-17)24(32)21(15-22(29)30)26-23(31)19-3-2-18-4-9-25-20(18)14-19;/h2-4,9,14,16-17,21,25H,5-8,10-13,15H2,1H3,(H,26,31)(H,29,30);1H/t21-;/m1./s1. The number of carbonyl (C=O) groups is 3. The van der Waals surface area contributed by atoms with Crippen LogP contribution in [0.1, 0.15) is 42.5 Å². The lowest BCUT2D eigenvalue weighted by Crippen LogP contribution is -2.52. The molecule has 2 amide bonds. The number of nitrogens with one attached hydrogen (secondary N) is 2. The normalized spacial score (nSPS) is 19.1. The quantitative estimate of drug-likeness (QED) is 0.594. The predicted molar refractivity (Wildman–Crippen MR) is 129 cm³/mol. The van der Waals surface area contributed by atoms with Crippen LogP contribution < -0.4 is 5.32 Å². The number of H-pyrrole nitrogens is 1. The van der Waals surface area contributed by atoms with Gasteiger partial charge >= 0.3 is 5.97 Å². The lowest BCUT2D eigenvalue weighted by molar-refractivity contribution is -0.143. The summed E-state index contributed by atoms with van der Waals surface area (Å²) in [7, 11) is 2.16. The molecule has 1 atom stereocenters. The van der Waals surface area contributed by atoms with Crippen LogP contribution in [0.3, 0.4) is 0 Å². The van der Waals surface area contributed by atoms with E-state index in [4.69, 9.17) is 0 Å². The fraction of sp³-hybridized carbons (Fsp3) is 0.542. The second-order valence-corrected chi connectivity index (χ2v) is 9.21. The molecule has 2 aliphatic rings. The van der Waals surface area contributed by atoms with Crippen molar-refractivity contribution >= 4 is 41.1 Å². The molecule has 0 radical (unpaired) electrons. The number of aromatic nitrogens is 1. The number of hydrogen-bond acceptors (Lipinski definition) is 4. The third-order valence-corrected chi connectivity index (χ3v) is 7.08. The number of carboxylic acid groups (broad SMARTS) is 1. The van der Waals surface area contributed by atoms with Crippen molar-refractivity contribution in [2.24, 2.45) is 11.8 Å². The van der Waals surface area contributed by atoms with Gasteiger partial charge in [0.1, 0.15) is 6.04 Å².